The number of hydrogen-bond acceptors (Lipinski definition) is 5. The van der Waals surface area contributed by atoms with Gasteiger partial charge in [-0.3, -0.25) is 10.0 Å². The van der Waals surface area contributed by atoms with Crippen molar-refractivity contribution in [3.63, 3.8) is 0 Å². The van der Waals surface area contributed by atoms with E-state index in [9.17, 15) is 10.0 Å². The Bertz CT molecular complexity index is 1110. The molecule has 0 saturated heterocycles. The van der Waals surface area contributed by atoms with E-state index in [4.69, 9.17) is 4.74 Å². The Kier molecular flexibility index (Phi) is 7.16. The fraction of sp³-hybridized carbons (Fsp3) is 0.370. The van der Waals surface area contributed by atoms with Crippen molar-refractivity contribution >= 4 is 28.1 Å². The second-order valence-electron chi connectivity index (χ2n) is 9.33. The number of nitrogens with one attached hydrogen (secondary N) is 1. The number of para-hydroxylation sites is 2. The van der Waals surface area contributed by atoms with Gasteiger partial charge < -0.3 is 4.74 Å². The van der Waals surface area contributed by atoms with E-state index in [0.717, 1.165) is 34.0 Å². The van der Waals surface area contributed by atoms with Crippen LogP contribution >= 0.6 is 0 Å². The van der Waals surface area contributed by atoms with E-state index in [1.54, 1.807) is 24.3 Å². The molecule has 1 unspecified atom stereocenters. The summed E-state index contributed by atoms with van der Waals surface area (Å²) in [5.74, 6) is 2.04. The number of fused-ring (bicyclic) bond motifs is 2. The molecule has 33 heavy (non-hydrogen) atoms. The SMILES string of the molecule is CC(C)CCCC(C)CCOc1ccc2cc(C(=O)N3NN(O)c4ccccc43)ccc2c1. The number of carbonyl (C=O) groups excluding carboxylic acids is 1. The number of ether oxygens (including phenoxy) is 1. The minimum absolute atomic E-state index is 0.243. The molecule has 3 aromatic rings. The molecular formula is C27H33N3O3. The van der Waals surface area contributed by atoms with Crippen LogP contribution in [0.15, 0.2) is 60.7 Å². The molecule has 0 spiro atoms. The van der Waals surface area contributed by atoms with Gasteiger partial charge in [-0.2, -0.15) is 5.17 Å². The van der Waals surface area contributed by atoms with Gasteiger partial charge >= 0.3 is 0 Å². The van der Waals surface area contributed by atoms with Crippen LogP contribution in [0.4, 0.5) is 11.4 Å². The number of nitrogens with zero attached hydrogens (tertiary/aromatic N) is 2. The van der Waals surface area contributed by atoms with Crippen LogP contribution in [0.1, 0.15) is 56.8 Å². The highest BCUT2D eigenvalue weighted by Gasteiger charge is 2.30. The number of carbonyl (C=O) groups is 1. The molecule has 1 atom stereocenters. The van der Waals surface area contributed by atoms with Crippen molar-refractivity contribution in [3.05, 3.63) is 66.2 Å². The lowest BCUT2D eigenvalue weighted by Gasteiger charge is -2.17. The number of hydrogen-bond donors (Lipinski definition) is 2. The number of hydrazine groups is 2. The van der Waals surface area contributed by atoms with E-state index in [1.807, 2.05) is 36.4 Å². The maximum atomic E-state index is 13.1. The van der Waals surface area contributed by atoms with Crippen molar-refractivity contribution < 1.29 is 14.7 Å². The van der Waals surface area contributed by atoms with Crippen LogP contribution in [0.25, 0.3) is 10.8 Å². The van der Waals surface area contributed by atoms with E-state index in [-0.39, 0.29) is 5.91 Å². The Hall–Kier alpha value is -3.09. The van der Waals surface area contributed by atoms with Gasteiger partial charge in [0.05, 0.1) is 12.3 Å². The summed E-state index contributed by atoms with van der Waals surface area (Å²) in [6.45, 7) is 7.56. The minimum atomic E-state index is -0.243. The van der Waals surface area contributed by atoms with Gasteiger partial charge in [0.15, 0.2) is 0 Å². The lowest BCUT2D eigenvalue weighted by molar-refractivity contribution is 0.0957. The normalized spacial score (nSPS) is 14.1. The van der Waals surface area contributed by atoms with Gasteiger partial charge in [0, 0.05) is 5.56 Å². The quantitative estimate of drug-likeness (QED) is 0.400. The highest BCUT2D eigenvalue weighted by atomic mass is 16.6. The molecule has 4 rings (SSSR count). The number of amides is 1. The van der Waals surface area contributed by atoms with Crippen molar-refractivity contribution in [3.8, 4) is 5.75 Å². The summed E-state index contributed by atoms with van der Waals surface area (Å²) >= 11 is 0. The molecule has 0 saturated carbocycles. The number of anilines is 2. The maximum absolute atomic E-state index is 13.1. The minimum Gasteiger partial charge on any atom is -0.494 e. The molecule has 0 bridgehead atoms. The van der Waals surface area contributed by atoms with Crippen LogP contribution in [0, 0.1) is 11.8 Å². The van der Waals surface area contributed by atoms with Crippen LogP contribution in [0.3, 0.4) is 0 Å². The molecule has 0 fully saturated rings. The predicted molar refractivity (Wildman–Crippen MR) is 133 cm³/mol. The summed E-state index contributed by atoms with van der Waals surface area (Å²) in [6.07, 6.45) is 4.87. The lowest BCUT2D eigenvalue weighted by Crippen LogP contribution is -2.46. The first-order valence-electron chi connectivity index (χ1n) is 11.8. The van der Waals surface area contributed by atoms with Gasteiger partial charge in [0.25, 0.3) is 5.91 Å². The highest BCUT2D eigenvalue weighted by molar-refractivity contribution is 6.10. The molecule has 1 aliphatic heterocycles. The van der Waals surface area contributed by atoms with E-state index in [2.05, 4.69) is 26.3 Å². The third kappa shape index (κ3) is 5.46. The first-order valence-corrected chi connectivity index (χ1v) is 11.8. The summed E-state index contributed by atoms with van der Waals surface area (Å²) in [6, 6.07) is 18.7. The zero-order valence-electron chi connectivity index (χ0n) is 19.6. The average Bonchev–Trinajstić information content (AvgIpc) is 3.14. The third-order valence-electron chi connectivity index (χ3n) is 6.17. The van der Waals surface area contributed by atoms with Gasteiger partial charge in [-0.15, -0.1) is 5.53 Å². The fourth-order valence-electron chi connectivity index (χ4n) is 4.16. The summed E-state index contributed by atoms with van der Waals surface area (Å²) in [5.41, 5.74) is 4.34. The summed E-state index contributed by atoms with van der Waals surface area (Å²) in [5, 5.41) is 14.2. The Morgan fingerprint density at radius 3 is 2.45 bits per heavy atom. The zero-order valence-corrected chi connectivity index (χ0v) is 19.6. The molecule has 2 N–H and O–H groups in total. The van der Waals surface area contributed by atoms with Crippen LogP contribution < -0.4 is 20.5 Å². The first-order chi connectivity index (χ1) is 15.9. The topological polar surface area (TPSA) is 65.0 Å². The lowest BCUT2D eigenvalue weighted by atomic mass is 9.98. The summed E-state index contributed by atoms with van der Waals surface area (Å²) in [4.78, 5) is 13.1. The average molecular weight is 448 g/mol. The monoisotopic (exact) mass is 447 g/mol. The molecule has 1 aliphatic rings. The molecule has 174 valence electrons. The van der Waals surface area contributed by atoms with E-state index in [0.29, 0.717) is 29.5 Å². The molecule has 0 radical (unpaired) electrons. The van der Waals surface area contributed by atoms with Gasteiger partial charge in [-0.05, 0) is 65.4 Å². The Balaban J connectivity index is 1.38. The van der Waals surface area contributed by atoms with E-state index >= 15 is 0 Å². The van der Waals surface area contributed by atoms with E-state index < -0.39 is 0 Å². The molecule has 1 amide bonds. The number of benzene rings is 3. The van der Waals surface area contributed by atoms with Gasteiger partial charge in [0.2, 0.25) is 0 Å². The van der Waals surface area contributed by atoms with Crippen molar-refractivity contribution in [2.75, 3.05) is 16.8 Å². The molecule has 6 nitrogen and oxygen atoms in total. The zero-order chi connectivity index (χ0) is 23.4. The molecule has 0 aromatic heterocycles. The maximum Gasteiger partial charge on any atom is 0.274 e. The molecule has 6 heteroatoms. The molecule has 0 aliphatic carbocycles. The van der Waals surface area contributed by atoms with E-state index in [1.165, 1.54) is 24.3 Å². The third-order valence-corrected chi connectivity index (χ3v) is 6.17. The Morgan fingerprint density at radius 2 is 1.67 bits per heavy atom. The van der Waals surface area contributed by atoms with Crippen LogP contribution in [0.5, 0.6) is 5.75 Å². The highest BCUT2D eigenvalue weighted by Crippen LogP contribution is 2.33. The van der Waals surface area contributed by atoms with Crippen LogP contribution in [-0.2, 0) is 0 Å². The largest absolute Gasteiger partial charge is 0.494 e. The van der Waals surface area contributed by atoms with Gasteiger partial charge in [0.1, 0.15) is 11.4 Å². The van der Waals surface area contributed by atoms with Gasteiger partial charge in [-0.25, -0.2) is 5.01 Å². The van der Waals surface area contributed by atoms with Crippen molar-refractivity contribution in [2.24, 2.45) is 11.8 Å². The van der Waals surface area contributed by atoms with Crippen molar-refractivity contribution in [2.45, 2.75) is 46.5 Å². The second kappa shape index (κ2) is 10.2. The first kappa shape index (κ1) is 23.1. The Labute approximate surface area is 195 Å². The molecule has 3 aromatic carbocycles. The van der Waals surface area contributed by atoms with Crippen molar-refractivity contribution in [1.29, 1.82) is 0 Å². The predicted octanol–water partition coefficient (Wildman–Crippen LogP) is 6.35. The molecule has 1 heterocycles. The number of rotatable bonds is 9. The summed E-state index contributed by atoms with van der Waals surface area (Å²) < 4.78 is 6.00. The second-order valence-corrected chi connectivity index (χ2v) is 9.33. The van der Waals surface area contributed by atoms with Gasteiger partial charge in [-0.1, -0.05) is 64.3 Å². The van der Waals surface area contributed by atoms with Crippen LogP contribution in [0.2, 0.25) is 0 Å². The fourth-order valence-corrected chi connectivity index (χ4v) is 4.16. The smallest absolute Gasteiger partial charge is 0.274 e. The standard InChI is InChI=1S/C27H33N3O3/c1-19(2)7-6-8-20(3)15-16-33-24-14-13-21-17-23(12-11-22(21)18-24)27(31)29-25-9-4-5-10-26(25)30(32)28-29/h4-5,9-14,17-20,28,32H,6-8,15-16H2,1-3H3. The van der Waals surface area contributed by atoms with Crippen LogP contribution in [-0.4, -0.2) is 17.7 Å². The Morgan fingerprint density at radius 1 is 0.939 bits per heavy atom. The van der Waals surface area contributed by atoms with Crippen molar-refractivity contribution in [1.82, 2.24) is 5.53 Å². The summed E-state index contributed by atoms with van der Waals surface area (Å²) in [7, 11) is 0. The molecular weight excluding hydrogens is 414 g/mol.